The van der Waals surface area contributed by atoms with Gasteiger partial charge in [0.05, 0.1) is 66.1 Å². The summed E-state index contributed by atoms with van der Waals surface area (Å²) in [6.07, 6.45) is -11.0. The van der Waals surface area contributed by atoms with E-state index in [1.165, 1.54) is 130 Å². The van der Waals surface area contributed by atoms with Crippen LogP contribution in [0.3, 0.4) is 0 Å². The minimum absolute atomic E-state index is 0. The number of Topliss-reactive ketones (excluding diaryl/α,β-unsaturated/α-hetero) is 2. The van der Waals surface area contributed by atoms with Crippen molar-refractivity contribution in [3.8, 4) is 62.6 Å². The number of ether oxygens (including phenoxy) is 3. The standard InChI is InChI=1S/C21H23F3N3O6PS.C16H12F3N3O3S.C16H16O3.C8H8O2.C6H12F3O6PS.7CH4/c1-3-32-34(28,33-4-2)14-31-17-9-5-15(6-10-17)19-13-20(21(22,23)24)26-27(19)16-7-11-18(12-8-16)35(25,29)30;17-16(18,19)15-9-14(10-1-5-12(23)6-2-10)22(21-15)11-3-7-13(8-4-11)26(20,24)25;1-12(17)14-5-9-16(10-6-14)19-11-13-3-7-15(18-2)8-4-13;1-6(9)7-2-4-8(10)5-3-7;1-3-13-16(10,14-4-2)5-15-17(11,12)6(7,8)9;;;;;;;/h5-13H,3-4,14H2,1-2H3,(H2,25,29,30);1-9,23H,(H2,20,24,25);3-10H,11H2,1-2H3;2-5,10H,1H3;3-5H2,1-2H3;7*1H4. The van der Waals surface area contributed by atoms with Gasteiger partial charge in [-0.05, 0) is 217 Å². The number of alkyl halides is 9. The van der Waals surface area contributed by atoms with Gasteiger partial charge >= 0.3 is 43.2 Å². The summed E-state index contributed by atoms with van der Waals surface area (Å²) in [6, 6.07) is 44.3. The maximum absolute atomic E-state index is 13.4. The van der Waals surface area contributed by atoms with Gasteiger partial charge in [0.2, 0.25) is 20.0 Å². The van der Waals surface area contributed by atoms with Crippen molar-refractivity contribution in [2.75, 3.05) is 46.2 Å². The molecule has 0 spiro atoms. The molecule has 7 aromatic carbocycles. The highest BCUT2D eigenvalue weighted by Gasteiger charge is 2.49. The van der Waals surface area contributed by atoms with Crippen LogP contribution in [0.1, 0.15) is 131 Å². The molecule has 0 aliphatic heterocycles. The number of sulfonamides is 2. The van der Waals surface area contributed by atoms with Gasteiger partial charge in [-0.25, -0.2) is 36.5 Å². The van der Waals surface area contributed by atoms with Gasteiger partial charge in [0.25, 0.3) is 0 Å². The van der Waals surface area contributed by atoms with Gasteiger partial charge < -0.3 is 42.5 Å². The lowest BCUT2D eigenvalue weighted by molar-refractivity contribution is -0.142. The topological polar surface area (TPSA) is 373 Å². The van der Waals surface area contributed by atoms with E-state index in [-0.39, 0.29) is 140 Å². The second-order valence-electron chi connectivity index (χ2n) is 21.4. The van der Waals surface area contributed by atoms with Gasteiger partial charge in [0.1, 0.15) is 35.4 Å². The largest absolute Gasteiger partial charge is 0.523 e. The molecule has 2 aromatic heterocycles. The molecule has 0 aliphatic rings. The average molecular weight is 1720 g/mol. The summed E-state index contributed by atoms with van der Waals surface area (Å²) in [5.41, 5.74) is -4.03. The number of primary sulfonamides is 2. The fraction of sp³-hybridized carbons (Fsp3) is 0.324. The van der Waals surface area contributed by atoms with Crippen LogP contribution in [-0.4, -0.2) is 118 Å². The Bertz CT molecular complexity index is 4830. The summed E-state index contributed by atoms with van der Waals surface area (Å²) in [6.45, 7) is 9.81. The van der Waals surface area contributed by atoms with Crippen molar-refractivity contribution in [3.63, 3.8) is 0 Å². The Morgan fingerprint density at radius 2 is 0.754 bits per heavy atom. The lowest BCUT2D eigenvalue weighted by atomic mass is 10.1. The van der Waals surface area contributed by atoms with Gasteiger partial charge in [0, 0.05) is 22.3 Å². The molecule has 2 heterocycles. The summed E-state index contributed by atoms with van der Waals surface area (Å²) >= 11 is 0. The fourth-order valence-electron chi connectivity index (χ4n) is 8.49. The van der Waals surface area contributed by atoms with Crippen LogP contribution >= 0.6 is 15.2 Å². The molecule has 0 atom stereocenters. The number of methoxy groups -OCH3 is 1. The molecule has 0 bridgehead atoms. The van der Waals surface area contributed by atoms with Crippen molar-refractivity contribution in [2.24, 2.45) is 10.3 Å². The van der Waals surface area contributed by atoms with Crippen molar-refractivity contribution in [2.45, 2.75) is 128 Å². The van der Waals surface area contributed by atoms with E-state index >= 15 is 0 Å². The molecule has 40 heteroatoms. The monoisotopic (exact) mass is 1720 g/mol. The number of hydrogen-bond acceptors (Lipinski definition) is 22. The van der Waals surface area contributed by atoms with Crippen molar-refractivity contribution in [3.05, 3.63) is 210 Å². The molecule has 0 aliphatic carbocycles. The summed E-state index contributed by atoms with van der Waals surface area (Å²) in [4.78, 5) is 21.5. The number of nitrogens with zero attached hydrogens (tertiary/aromatic N) is 4. The molecule has 6 N–H and O–H groups in total. The quantitative estimate of drug-likeness (QED) is 0.0129. The Balaban J connectivity index is -0.00000140. The van der Waals surface area contributed by atoms with Crippen molar-refractivity contribution in [1.29, 1.82) is 0 Å². The Labute approximate surface area is 660 Å². The predicted molar refractivity (Wildman–Crippen MR) is 420 cm³/mol. The zero-order valence-corrected chi connectivity index (χ0v) is 61.7. The van der Waals surface area contributed by atoms with Crippen molar-refractivity contribution < 1.29 is 130 Å². The number of aromatic hydroxyl groups is 2. The third kappa shape index (κ3) is 33.6. The summed E-state index contributed by atoms with van der Waals surface area (Å²) < 4.78 is 247. The highest BCUT2D eigenvalue weighted by molar-refractivity contribution is 7.89. The molecule has 0 saturated heterocycles. The van der Waals surface area contributed by atoms with Crippen LogP contribution in [0.4, 0.5) is 39.5 Å². The maximum atomic E-state index is 13.4. The number of phenolic OH excluding ortho intramolecular Hbond substituents is 2. The highest BCUT2D eigenvalue weighted by atomic mass is 32.2. The van der Waals surface area contributed by atoms with E-state index in [1.807, 2.05) is 24.3 Å². The zero-order chi connectivity index (χ0) is 79.9. The summed E-state index contributed by atoms with van der Waals surface area (Å²) in [5, 5.41) is 35.5. The highest BCUT2D eigenvalue weighted by Crippen LogP contribution is 2.50. The molecule has 0 amide bonds. The number of phenols is 2. The van der Waals surface area contributed by atoms with Crippen molar-refractivity contribution >= 4 is 56.9 Å². The lowest BCUT2D eigenvalue weighted by Crippen LogP contribution is -2.26. The van der Waals surface area contributed by atoms with E-state index in [0.29, 0.717) is 34.6 Å². The van der Waals surface area contributed by atoms with E-state index in [9.17, 15) is 88.6 Å². The molecule has 0 radical (unpaired) electrons. The van der Waals surface area contributed by atoms with Gasteiger partial charge in [-0.2, -0.15) is 58.1 Å². The zero-order valence-electron chi connectivity index (χ0n) is 57.5. The van der Waals surface area contributed by atoms with Crippen LogP contribution in [0.25, 0.3) is 33.9 Å². The Morgan fingerprint density at radius 1 is 0.447 bits per heavy atom. The van der Waals surface area contributed by atoms with Crippen LogP contribution in [0.5, 0.6) is 28.7 Å². The fourth-order valence-corrected chi connectivity index (χ4v) is 13.1. The van der Waals surface area contributed by atoms with E-state index in [2.05, 4.69) is 23.4 Å². The normalized spacial score (nSPS) is 11.2. The number of carbonyl (C=O) groups excluding carboxylic acids is 2. The number of rotatable bonds is 26. The number of benzene rings is 7. The molecular formula is C74H99F9N6O20P2S3. The van der Waals surface area contributed by atoms with E-state index < -0.39 is 81.0 Å². The first-order valence-corrected chi connectivity index (χ1v) is 38.9. The Morgan fingerprint density at radius 3 is 1.07 bits per heavy atom. The van der Waals surface area contributed by atoms with Crippen LogP contribution in [0.2, 0.25) is 0 Å². The number of nitrogens with two attached hydrogens (primary N) is 2. The molecule has 0 unspecified atom stereocenters. The summed E-state index contributed by atoms with van der Waals surface area (Å²) in [7, 11) is -19.5. The second-order valence-corrected chi connectivity index (χ2v) is 30.2. The minimum Gasteiger partial charge on any atom is -0.508 e. The molecule has 9 rings (SSSR count). The molecular weight excluding hydrogens is 1620 g/mol. The third-order valence-electron chi connectivity index (χ3n) is 13.6. The van der Waals surface area contributed by atoms with Crippen LogP contribution in [0, 0.1) is 0 Å². The number of hydrogen-bond donors (Lipinski definition) is 4. The van der Waals surface area contributed by atoms with Crippen LogP contribution in [0.15, 0.2) is 192 Å². The van der Waals surface area contributed by atoms with Gasteiger partial charge in [-0.15, -0.1) is 0 Å². The predicted octanol–water partition coefficient (Wildman–Crippen LogP) is 19.3. The maximum Gasteiger partial charge on any atom is 0.523 e. The molecule has 114 heavy (non-hydrogen) atoms. The Hall–Kier alpha value is -9.30. The average Bonchev–Trinajstić information content (AvgIpc) is 1.63. The third-order valence-corrected chi connectivity index (χ3v) is 20.1. The van der Waals surface area contributed by atoms with Gasteiger partial charge in [-0.1, -0.05) is 64.1 Å². The number of aromatic nitrogens is 4. The number of ketones is 2. The van der Waals surface area contributed by atoms with E-state index in [1.54, 1.807) is 64.3 Å². The second kappa shape index (κ2) is 47.5. The molecule has 636 valence electrons. The van der Waals surface area contributed by atoms with E-state index in [0.717, 1.165) is 38.6 Å². The molecule has 0 fully saturated rings. The molecule has 26 nitrogen and oxygen atoms in total. The van der Waals surface area contributed by atoms with Crippen LogP contribution in [-0.2, 0) is 80.5 Å². The minimum atomic E-state index is -5.80. The van der Waals surface area contributed by atoms with Gasteiger partial charge in [-0.3, -0.25) is 22.9 Å². The first kappa shape index (κ1) is 109. The lowest BCUT2D eigenvalue weighted by Gasteiger charge is -2.17. The first-order chi connectivity index (χ1) is 49.9. The van der Waals surface area contributed by atoms with Gasteiger partial charge in [0.15, 0.2) is 35.7 Å². The first-order valence-electron chi connectivity index (χ1n) is 30.9. The van der Waals surface area contributed by atoms with E-state index in [4.69, 9.17) is 38.6 Å². The smallest absolute Gasteiger partial charge is 0.508 e. The number of halogens is 9. The van der Waals surface area contributed by atoms with Crippen molar-refractivity contribution in [1.82, 2.24) is 19.6 Å². The SMILES string of the molecule is C.C.C.C.C.C.C.CC(=O)c1ccc(O)cc1.CCOP(=O)(COS(=O)(=O)C(F)(F)F)OCC.CCOP(=O)(COc1ccc(-c2cc(C(F)(F)F)nn2-c2ccc(S(N)(=O)=O)cc2)cc1)OCC.COc1ccc(COc2ccc(C(C)=O)cc2)cc1.NS(=O)(=O)c1ccc(-n2nc(C(F)(F)F)cc2-c2ccc(O)cc2)cc1. The summed E-state index contributed by atoms with van der Waals surface area (Å²) in [5.74, 6) is 2.10. The number of carbonyl (C=O) groups is 2. The van der Waals surface area contributed by atoms with Crippen LogP contribution < -0.4 is 24.5 Å². The Kier molecular flexibility index (Phi) is 45.4. The molecule has 0 saturated carbocycles. The molecule has 9 aromatic rings.